The average Bonchev–Trinajstić information content (AvgIpc) is 2.28. The Morgan fingerprint density at radius 3 is 2.88 bits per heavy atom. The molecule has 1 unspecified atom stereocenters. The van der Waals surface area contributed by atoms with Crippen molar-refractivity contribution in [3.05, 3.63) is 24.0 Å². The quantitative estimate of drug-likeness (QED) is 0.846. The molecule has 1 aromatic rings. The third-order valence-electron chi connectivity index (χ3n) is 2.66. The van der Waals surface area contributed by atoms with E-state index in [4.69, 9.17) is 0 Å². The lowest BCUT2D eigenvalue weighted by atomic mass is 10.1. The minimum Gasteiger partial charge on any atom is -0.505 e. The molecule has 0 saturated heterocycles. The Morgan fingerprint density at radius 1 is 1.62 bits per heavy atom. The summed E-state index contributed by atoms with van der Waals surface area (Å²) >= 11 is 0. The van der Waals surface area contributed by atoms with Crippen LogP contribution in [0.4, 0.5) is 0 Å². The van der Waals surface area contributed by atoms with E-state index in [-0.39, 0.29) is 11.7 Å². The van der Waals surface area contributed by atoms with Crippen molar-refractivity contribution in [3.63, 3.8) is 0 Å². The van der Waals surface area contributed by atoms with Crippen molar-refractivity contribution >= 4 is 5.91 Å². The van der Waals surface area contributed by atoms with Crippen LogP contribution in [0.3, 0.4) is 0 Å². The average molecular weight is 222 g/mol. The van der Waals surface area contributed by atoms with E-state index >= 15 is 0 Å². The summed E-state index contributed by atoms with van der Waals surface area (Å²) in [6.07, 6.45) is 3.81. The highest BCUT2D eigenvalue weighted by Gasteiger charge is 2.16. The lowest BCUT2D eigenvalue weighted by Gasteiger charge is -2.21. The predicted octanol–water partition coefficient (Wildman–Crippen LogP) is 1.91. The lowest BCUT2D eigenvalue weighted by molar-refractivity contribution is 0.0771. The zero-order valence-corrected chi connectivity index (χ0v) is 9.97. The highest BCUT2D eigenvalue weighted by atomic mass is 16.3. The smallest absolute Gasteiger partial charge is 0.257 e. The molecule has 0 saturated carbocycles. The highest BCUT2D eigenvalue weighted by molar-refractivity contribution is 5.96. The summed E-state index contributed by atoms with van der Waals surface area (Å²) in [5.41, 5.74) is 0.306. The molecule has 1 heterocycles. The molecule has 1 amide bonds. The molecule has 0 spiro atoms. The van der Waals surface area contributed by atoms with Crippen LogP contribution in [0.5, 0.6) is 5.75 Å². The van der Waals surface area contributed by atoms with E-state index in [1.165, 1.54) is 18.5 Å². The molecule has 0 aliphatic rings. The first-order chi connectivity index (χ1) is 7.56. The number of aromatic hydroxyl groups is 1. The van der Waals surface area contributed by atoms with Crippen LogP contribution in [0.1, 0.15) is 30.6 Å². The van der Waals surface area contributed by atoms with Gasteiger partial charge in [-0.15, -0.1) is 0 Å². The Bertz CT molecular complexity index is 366. The molecular weight excluding hydrogens is 204 g/mol. The van der Waals surface area contributed by atoms with Crippen LogP contribution in [-0.4, -0.2) is 34.5 Å². The first-order valence-corrected chi connectivity index (χ1v) is 5.44. The van der Waals surface area contributed by atoms with Gasteiger partial charge in [0.05, 0.1) is 11.8 Å². The van der Waals surface area contributed by atoms with Gasteiger partial charge in [-0.3, -0.25) is 9.78 Å². The second-order valence-corrected chi connectivity index (χ2v) is 4.09. The van der Waals surface area contributed by atoms with Crippen LogP contribution < -0.4 is 0 Å². The van der Waals surface area contributed by atoms with Gasteiger partial charge in [0.2, 0.25) is 0 Å². The summed E-state index contributed by atoms with van der Waals surface area (Å²) in [5.74, 6) is 0.224. The van der Waals surface area contributed by atoms with Gasteiger partial charge < -0.3 is 10.0 Å². The standard InChI is InChI=1S/C12H18N2O2/c1-4-9(2)8-14(3)12(16)10-5-6-13-7-11(10)15/h5-7,9,15H,4,8H2,1-3H3. The summed E-state index contributed by atoms with van der Waals surface area (Å²) in [6.45, 7) is 4.88. The van der Waals surface area contributed by atoms with Crippen molar-refractivity contribution in [2.45, 2.75) is 20.3 Å². The number of rotatable bonds is 4. The Kier molecular flexibility index (Phi) is 4.28. The maximum absolute atomic E-state index is 12.0. The second-order valence-electron chi connectivity index (χ2n) is 4.09. The molecule has 0 aliphatic heterocycles. The van der Waals surface area contributed by atoms with Crippen molar-refractivity contribution in [1.82, 2.24) is 9.88 Å². The van der Waals surface area contributed by atoms with Gasteiger partial charge in [0.25, 0.3) is 5.91 Å². The fourth-order valence-electron chi connectivity index (χ4n) is 1.45. The normalized spacial score (nSPS) is 12.2. The van der Waals surface area contributed by atoms with Gasteiger partial charge in [-0.05, 0) is 12.0 Å². The van der Waals surface area contributed by atoms with Gasteiger partial charge in [-0.1, -0.05) is 20.3 Å². The van der Waals surface area contributed by atoms with Gasteiger partial charge in [-0.25, -0.2) is 0 Å². The molecule has 0 aliphatic carbocycles. The molecule has 1 rings (SSSR count). The minimum atomic E-state index is -0.166. The summed E-state index contributed by atoms with van der Waals surface area (Å²) in [6, 6.07) is 1.53. The zero-order valence-electron chi connectivity index (χ0n) is 9.97. The van der Waals surface area contributed by atoms with Gasteiger partial charge >= 0.3 is 0 Å². The van der Waals surface area contributed by atoms with Gasteiger partial charge in [-0.2, -0.15) is 0 Å². The molecule has 4 heteroatoms. The van der Waals surface area contributed by atoms with Gasteiger partial charge in [0, 0.05) is 19.8 Å². The Hall–Kier alpha value is -1.58. The molecule has 0 fully saturated rings. The fraction of sp³-hybridized carbons (Fsp3) is 0.500. The van der Waals surface area contributed by atoms with Crippen LogP contribution in [0, 0.1) is 5.92 Å². The van der Waals surface area contributed by atoms with Crippen LogP contribution in [0.2, 0.25) is 0 Å². The van der Waals surface area contributed by atoms with Crippen LogP contribution in [-0.2, 0) is 0 Å². The molecule has 0 radical (unpaired) electrons. The number of pyridine rings is 1. The van der Waals surface area contributed by atoms with Gasteiger partial charge in [0.15, 0.2) is 0 Å². The van der Waals surface area contributed by atoms with Crippen LogP contribution in [0.25, 0.3) is 0 Å². The fourth-order valence-corrected chi connectivity index (χ4v) is 1.45. The van der Waals surface area contributed by atoms with E-state index in [0.29, 0.717) is 18.0 Å². The maximum Gasteiger partial charge on any atom is 0.257 e. The topological polar surface area (TPSA) is 53.4 Å². The summed E-state index contributed by atoms with van der Waals surface area (Å²) in [4.78, 5) is 17.3. The molecule has 1 aromatic heterocycles. The van der Waals surface area contributed by atoms with E-state index < -0.39 is 0 Å². The lowest BCUT2D eigenvalue weighted by Crippen LogP contribution is -2.30. The van der Waals surface area contributed by atoms with E-state index in [1.54, 1.807) is 11.9 Å². The summed E-state index contributed by atoms with van der Waals surface area (Å²) in [5, 5.41) is 9.51. The van der Waals surface area contributed by atoms with Crippen molar-refractivity contribution in [3.8, 4) is 5.75 Å². The molecule has 16 heavy (non-hydrogen) atoms. The Labute approximate surface area is 95.9 Å². The van der Waals surface area contributed by atoms with E-state index in [2.05, 4.69) is 18.8 Å². The number of hydrogen-bond donors (Lipinski definition) is 1. The predicted molar refractivity (Wildman–Crippen MR) is 62.3 cm³/mol. The second kappa shape index (κ2) is 5.49. The number of aromatic nitrogens is 1. The first kappa shape index (κ1) is 12.5. The summed E-state index contributed by atoms with van der Waals surface area (Å²) in [7, 11) is 1.74. The number of nitrogens with zero attached hydrogens (tertiary/aromatic N) is 2. The molecule has 88 valence electrons. The first-order valence-electron chi connectivity index (χ1n) is 5.44. The van der Waals surface area contributed by atoms with Crippen LogP contribution in [0.15, 0.2) is 18.5 Å². The third kappa shape index (κ3) is 2.95. The number of carbonyl (C=O) groups excluding carboxylic acids is 1. The highest BCUT2D eigenvalue weighted by Crippen LogP contribution is 2.16. The van der Waals surface area contributed by atoms with Crippen LogP contribution >= 0.6 is 0 Å². The van der Waals surface area contributed by atoms with Crippen molar-refractivity contribution < 1.29 is 9.90 Å². The molecule has 0 aromatic carbocycles. The molecular formula is C12H18N2O2. The molecule has 0 bridgehead atoms. The number of hydrogen-bond acceptors (Lipinski definition) is 3. The monoisotopic (exact) mass is 222 g/mol. The summed E-state index contributed by atoms with van der Waals surface area (Å²) < 4.78 is 0. The van der Waals surface area contributed by atoms with Crippen molar-refractivity contribution in [1.29, 1.82) is 0 Å². The minimum absolute atomic E-state index is 0.0662. The largest absolute Gasteiger partial charge is 0.505 e. The Balaban J connectivity index is 2.75. The zero-order chi connectivity index (χ0) is 12.1. The number of amides is 1. The van der Waals surface area contributed by atoms with Crippen molar-refractivity contribution in [2.24, 2.45) is 5.92 Å². The van der Waals surface area contributed by atoms with E-state index in [1.807, 2.05) is 0 Å². The maximum atomic E-state index is 12.0. The molecule has 1 N–H and O–H groups in total. The van der Waals surface area contributed by atoms with Crippen molar-refractivity contribution in [2.75, 3.05) is 13.6 Å². The van der Waals surface area contributed by atoms with E-state index in [9.17, 15) is 9.90 Å². The Morgan fingerprint density at radius 2 is 2.31 bits per heavy atom. The number of carbonyl (C=O) groups is 1. The third-order valence-corrected chi connectivity index (χ3v) is 2.66. The van der Waals surface area contributed by atoms with Gasteiger partial charge in [0.1, 0.15) is 5.75 Å². The van der Waals surface area contributed by atoms with E-state index in [0.717, 1.165) is 6.42 Å². The molecule has 1 atom stereocenters. The molecule has 4 nitrogen and oxygen atoms in total. The SMILES string of the molecule is CCC(C)CN(C)C(=O)c1ccncc1O.